The molecule has 0 unspecified atom stereocenters. The van der Waals surface area contributed by atoms with Crippen LogP contribution in [0.4, 0.5) is 0 Å². The van der Waals surface area contributed by atoms with Crippen molar-refractivity contribution >= 4 is 5.97 Å². The molecule has 1 aromatic rings. The van der Waals surface area contributed by atoms with E-state index in [0.29, 0.717) is 25.7 Å². The van der Waals surface area contributed by atoms with Gasteiger partial charge in [-0.3, -0.25) is 14.4 Å². The standard InChI is InChI=1S/C12H19N3O3/c1-9(2)15-7-10(5-13-15)6-14-3-4-18-8-11(14)12(16)17/h5,7,9,11H,3-4,6,8H2,1-2H3,(H,16,17)/t11-/m1/s1. The molecule has 1 fully saturated rings. The highest BCUT2D eigenvalue weighted by atomic mass is 16.5. The number of ether oxygens (including phenoxy) is 1. The lowest BCUT2D eigenvalue weighted by Crippen LogP contribution is -2.49. The molecule has 0 aliphatic carbocycles. The average molecular weight is 253 g/mol. The van der Waals surface area contributed by atoms with Crippen LogP contribution in [0.5, 0.6) is 0 Å². The molecular weight excluding hydrogens is 234 g/mol. The fourth-order valence-corrected chi connectivity index (χ4v) is 2.03. The molecule has 1 aromatic heterocycles. The smallest absolute Gasteiger partial charge is 0.323 e. The zero-order valence-electron chi connectivity index (χ0n) is 10.7. The first-order chi connectivity index (χ1) is 8.58. The highest BCUT2D eigenvalue weighted by Gasteiger charge is 2.29. The van der Waals surface area contributed by atoms with Crippen molar-refractivity contribution in [2.75, 3.05) is 19.8 Å². The second-order valence-electron chi connectivity index (χ2n) is 4.82. The van der Waals surface area contributed by atoms with E-state index in [0.717, 1.165) is 5.56 Å². The Balaban J connectivity index is 2.03. The third kappa shape index (κ3) is 2.88. The minimum atomic E-state index is -0.828. The van der Waals surface area contributed by atoms with Crippen LogP contribution in [0.2, 0.25) is 0 Å². The molecule has 1 N–H and O–H groups in total. The second kappa shape index (κ2) is 5.49. The van der Waals surface area contributed by atoms with Gasteiger partial charge in [0.25, 0.3) is 0 Å². The molecule has 0 spiro atoms. The summed E-state index contributed by atoms with van der Waals surface area (Å²) in [6.45, 7) is 6.21. The summed E-state index contributed by atoms with van der Waals surface area (Å²) >= 11 is 0. The summed E-state index contributed by atoms with van der Waals surface area (Å²) in [7, 11) is 0. The van der Waals surface area contributed by atoms with Gasteiger partial charge in [0.2, 0.25) is 0 Å². The Kier molecular flexibility index (Phi) is 3.98. The Morgan fingerprint density at radius 2 is 2.44 bits per heavy atom. The average Bonchev–Trinajstić information content (AvgIpc) is 2.78. The fraction of sp³-hybridized carbons (Fsp3) is 0.667. The quantitative estimate of drug-likeness (QED) is 0.857. The molecule has 1 aliphatic heterocycles. The zero-order chi connectivity index (χ0) is 13.1. The van der Waals surface area contributed by atoms with E-state index < -0.39 is 12.0 Å². The van der Waals surface area contributed by atoms with Gasteiger partial charge in [-0.25, -0.2) is 0 Å². The van der Waals surface area contributed by atoms with Crippen molar-refractivity contribution in [3.63, 3.8) is 0 Å². The molecule has 6 heteroatoms. The predicted molar refractivity (Wildman–Crippen MR) is 65.3 cm³/mol. The van der Waals surface area contributed by atoms with Gasteiger partial charge in [-0.1, -0.05) is 0 Å². The summed E-state index contributed by atoms with van der Waals surface area (Å²) in [4.78, 5) is 13.1. The normalized spacial score (nSPS) is 21.4. The molecule has 1 aliphatic rings. The van der Waals surface area contributed by atoms with E-state index in [1.807, 2.05) is 15.8 Å². The maximum Gasteiger partial charge on any atom is 0.323 e. The second-order valence-corrected chi connectivity index (χ2v) is 4.82. The first kappa shape index (κ1) is 13.0. The fourth-order valence-electron chi connectivity index (χ4n) is 2.03. The van der Waals surface area contributed by atoms with Crippen molar-refractivity contribution < 1.29 is 14.6 Å². The lowest BCUT2D eigenvalue weighted by Gasteiger charge is -2.32. The summed E-state index contributed by atoms with van der Waals surface area (Å²) < 4.78 is 7.09. The minimum Gasteiger partial charge on any atom is -0.480 e. The number of morpholine rings is 1. The number of hydrogen-bond acceptors (Lipinski definition) is 4. The number of aliphatic carboxylic acids is 1. The Labute approximate surface area is 106 Å². The van der Waals surface area contributed by atoms with Crippen LogP contribution in [0.15, 0.2) is 12.4 Å². The zero-order valence-corrected chi connectivity index (χ0v) is 10.7. The molecule has 0 saturated carbocycles. The van der Waals surface area contributed by atoms with Gasteiger partial charge in [-0.15, -0.1) is 0 Å². The first-order valence-corrected chi connectivity index (χ1v) is 6.15. The van der Waals surface area contributed by atoms with Crippen LogP contribution >= 0.6 is 0 Å². The number of nitrogens with zero attached hydrogens (tertiary/aromatic N) is 3. The number of carbonyl (C=O) groups is 1. The SMILES string of the molecule is CC(C)n1cc(CN2CCOC[C@@H]2C(=O)O)cn1. The maximum atomic E-state index is 11.1. The van der Waals surface area contributed by atoms with E-state index in [2.05, 4.69) is 18.9 Å². The topological polar surface area (TPSA) is 67.6 Å². The Morgan fingerprint density at radius 1 is 1.67 bits per heavy atom. The van der Waals surface area contributed by atoms with E-state index in [4.69, 9.17) is 9.84 Å². The van der Waals surface area contributed by atoms with Crippen LogP contribution in [0, 0.1) is 0 Å². The third-order valence-corrected chi connectivity index (χ3v) is 3.09. The highest BCUT2D eigenvalue weighted by Crippen LogP contribution is 2.13. The lowest BCUT2D eigenvalue weighted by molar-refractivity contribution is -0.150. The van der Waals surface area contributed by atoms with Crippen molar-refractivity contribution in [2.24, 2.45) is 0 Å². The lowest BCUT2D eigenvalue weighted by atomic mass is 10.2. The monoisotopic (exact) mass is 253 g/mol. The number of hydrogen-bond donors (Lipinski definition) is 1. The van der Waals surface area contributed by atoms with Crippen molar-refractivity contribution in [1.82, 2.24) is 14.7 Å². The predicted octanol–water partition coefficient (Wildman–Crippen LogP) is 0.749. The van der Waals surface area contributed by atoms with Gasteiger partial charge >= 0.3 is 5.97 Å². The molecule has 0 aromatic carbocycles. The molecule has 0 radical (unpaired) electrons. The molecule has 18 heavy (non-hydrogen) atoms. The summed E-state index contributed by atoms with van der Waals surface area (Å²) in [6, 6.07) is -0.236. The summed E-state index contributed by atoms with van der Waals surface area (Å²) in [6.07, 6.45) is 3.77. The molecule has 0 amide bonds. The number of rotatable bonds is 4. The van der Waals surface area contributed by atoms with Gasteiger partial charge in [0.15, 0.2) is 0 Å². The maximum absolute atomic E-state index is 11.1. The van der Waals surface area contributed by atoms with Crippen molar-refractivity contribution in [3.05, 3.63) is 18.0 Å². The van der Waals surface area contributed by atoms with Gasteiger partial charge in [0, 0.05) is 30.9 Å². The van der Waals surface area contributed by atoms with Crippen LogP contribution in [0.25, 0.3) is 0 Å². The van der Waals surface area contributed by atoms with Crippen molar-refractivity contribution in [2.45, 2.75) is 32.5 Å². The van der Waals surface area contributed by atoms with Crippen LogP contribution in [0.1, 0.15) is 25.5 Å². The molecule has 6 nitrogen and oxygen atoms in total. The van der Waals surface area contributed by atoms with Gasteiger partial charge in [-0.2, -0.15) is 5.10 Å². The Hall–Kier alpha value is -1.40. The van der Waals surface area contributed by atoms with Crippen molar-refractivity contribution in [3.8, 4) is 0 Å². The number of carboxylic acids is 1. The largest absolute Gasteiger partial charge is 0.480 e. The molecule has 1 atom stereocenters. The van der Waals surface area contributed by atoms with E-state index in [1.54, 1.807) is 6.20 Å². The van der Waals surface area contributed by atoms with Gasteiger partial charge in [0.05, 0.1) is 19.4 Å². The summed E-state index contributed by atoms with van der Waals surface area (Å²) in [5, 5.41) is 13.4. The number of aromatic nitrogens is 2. The van der Waals surface area contributed by atoms with Crippen LogP contribution in [-0.2, 0) is 16.1 Å². The first-order valence-electron chi connectivity index (χ1n) is 6.15. The molecule has 1 saturated heterocycles. The highest BCUT2D eigenvalue weighted by molar-refractivity contribution is 5.73. The van der Waals surface area contributed by atoms with E-state index in [9.17, 15) is 4.79 Å². The number of carboxylic acid groups (broad SMARTS) is 1. The van der Waals surface area contributed by atoms with E-state index in [-0.39, 0.29) is 6.61 Å². The van der Waals surface area contributed by atoms with E-state index in [1.165, 1.54) is 0 Å². The van der Waals surface area contributed by atoms with Gasteiger partial charge in [-0.05, 0) is 13.8 Å². The Morgan fingerprint density at radius 3 is 3.06 bits per heavy atom. The van der Waals surface area contributed by atoms with Crippen LogP contribution in [-0.4, -0.2) is 51.6 Å². The van der Waals surface area contributed by atoms with Gasteiger partial charge < -0.3 is 9.84 Å². The summed E-state index contributed by atoms with van der Waals surface area (Å²) in [5.41, 5.74) is 1.04. The molecule has 2 heterocycles. The van der Waals surface area contributed by atoms with Gasteiger partial charge in [0.1, 0.15) is 6.04 Å². The van der Waals surface area contributed by atoms with Crippen molar-refractivity contribution in [1.29, 1.82) is 0 Å². The Bertz CT molecular complexity index is 416. The molecular formula is C12H19N3O3. The molecule has 0 bridgehead atoms. The molecule has 100 valence electrons. The van der Waals surface area contributed by atoms with Crippen LogP contribution < -0.4 is 0 Å². The molecule has 2 rings (SSSR count). The van der Waals surface area contributed by atoms with E-state index >= 15 is 0 Å². The minimum absolute atomic E-state index is 0.258. The van der Waals surface area contributed by atoms with Crippen LogP contribution in [0.3, 0.4) is 0 Å². The third-order valence-electron chi connectivity index (χ3n) is 3.09. The summed E-state index contributed by atoms with van der Waals surface area (Å²) in [5.74, 6) is -0.828.